The van der Waals surface area contributed by atoms with Crippen LogP contribution in [0.5, 0.6) is 0 Å². The number of fused-ring (bicyclic) bond motifs is 2. The van der Waals surface area contributed by atoms with Crippen LogP contribution in [-0.4, -0.2) is 56.7 Å². The van der Waals surface area contributed by atoms with Gasteiger partial charge in [-0.1, -0.05) is 41.6 Å². The summed E-state index contributed by atoms with van der Waals surface area (Å²) in [7, 11) is 2.46. The molecule has 0 N–H and O–H groups in total. The number of quaternary nitrogens is 1. The van der Waals surface area contributed by atoms with Crippen molar-refractivity contribution >= 4 is 33.4 Å². The second kappa shape index (κ2) is 10.0. The molecule has 0 fully saturated rings. The maximum absolute atomic E-state index is 10.4. The number of hydrogen-bond acceptors (Lipinski definition) is 6. The van der Waals surface area contributed by atoms with E-state index in [1.165, 1.54) is 27.6 Å². The third kappa shape index (κ3) is 6.56. The van der Waals surface area contributed by atoms with Gasteiger partial charge >= 0.3 is 0 Å². The Morgan fingerprint density at radius 3 is 2.28 bits per heavy atom. The molecule has 0 saturated heterocycles. The Hall–Kier alpha value is -2.39. The standard InChI is InChI=1S/C17H22N3S.C7H8O3S/c1-20(2,3)13-7-12-19-14-8-4-5-9-15(14)21-16-10-6-11-18-17(16)19;1-6-2-4-7(5-3-6)11(8,9)10/h4-6,8-11H,7,12-13H2,1-3H3;2-5H,1H3,(H,8,9,10)/q+1;/p-1. The van der Waals surface area contributed by atoms with Crippen molar-refractivity contribution in [3.8, 4) is 0 Å². The van der Waals surface area contributed by atoms with Crippen molar-refractivity contribution in [1.82, 2.24) is 4.98 Å². The average molecular weight is 472 g/mol. The van der Waals surface area contributed by atoms with E-state index >= 15 is 0 Å². The van der Waals surface area contributed by atoms with Gasteiger partial charge in [0.2, 0.25) is 0 Å². The highest BCUT2D eigenvalue weighted by Gasteiger charge is 2.24. The van der Waals surface area contributed by atoms with Gasteiger partial charge < -0.3 is 13.9 Å². The fourth-order valence-corrected chi connectivity index (χ4v) is 4.83. The van der Waals surface area contributed by atoms with E-state index in [-0.39, 0.29) is 4.90 Å². The summed E-state index contributed by atoms with van der Waals surface area (Å²) >= 11 is 1.82. The number of aromatic nitrogens is 1. The van der Waals surface area contributed by atoms with E-state index in [0.717, 1.165) is 35.4 Å². The zero-order valence-corrected chi connectivity index (χ0v) is 20.5. The van der Waals surface area contributed by atoms with Crippen molar-refractivity contribution in [1.29, 1.82) is 0 Å². The highest BCUT2D eigenvalue weighted by Crippen LogP contribution is 2.46. The highest BCUT2D eigenvalue weighted by molar-refractivity contribution is 7.99. The summed E-state index contributed by atoms with van der Waals surface area (Å²) in [5.41, 5.74) is 2.22. The SMILES string of the molecule is C[N+](C)(C)CCCN1c2ccccc2Sc2cccnc21.Cc1ccc(S(=O)(=O)[O-])cc1. The molecule has 0 saturated carbocycles. The molecule has 32 heavy (non-hydrogen) atoms. The summed E-state index contributed by atoms with van der Waals surface area (Å²) in [6.07, 6.45) is 3.04. The van der Waals surface area contributed by atoms with Crippen LogP contribution in [-0.2, 0) is 10.1 Å². The van der Waals surface area contributed by atoms with Gasteiger partial charge in [-0.15, -0.1) is 0 Å². The van der Waals surface area contributed by atoms with Crippen LogP contribution in [0.25, 0.3) is 0 Å². The molecular formula is C24H29N3O3S2. The molecule has 6 nitrogen and oxygen atoms in total. The van der Waals surface area contributed by atoms with Crippen molar-refractivity contribution < 1.29 is 17.5 Å². The summed E-state index contributed by atoms with van der Waals surface area (Å²) in [5, 5.41) is 0. The number of para-hydroxylation sites is 1. The third-order valence-electron chi connectivity index (χ3n) is 4.90. The maximum atomic E-state index is 10.4. The number of aryl methyl sites for hydroxylation is 1. The van der Waals surface area contributed by atoms with Crippen LogP contribution in [0.1, 0.15) is 12.0 Å². The van der Waals surface area contributed by atoms with Crippen LogP contribution >= 0.6 is 11.8 Å². The van der Waals surface area contributed by atoms with E-state index in [1.807, 2.05) is 30.9 Å². The van der Waals surface area contributed by atoms with Gasteiger partial charge in [-0.3, -0.25) is 0 Å². The predicted molar refractivity (Wildman–Crippen MR) is 128 cm³/mol. The van der Waals surface area contributed by atoms with Gasteiger partial charge in [0, 0.05) is 24.1 Å². The topological polar surface area (TPSA) is 73.3 Å². The Morgan fingerprint density at radius 2 is 1.62 bits per heavy atom. The van der Waals surface area contributed by atoms with Gasteiger partial charge in [-0.25, -0.2) is 13.4 Å². The van der Waals surface area contributed by atoms with Crippen LogP contribution in [0.2, 0.25) is 0 Å². The fourth-order valence-electron chi connectivity index (χ4n) is 3.30. The third-order valence-corrected chi connectivity index (χ3v) is 6.86. The molecule has 0 bridgehead atoms. The summed E-state index contributed by atoms with van der Waals surface area (Å²) in [5.74, 6) is 1.10. The molecule has 0 aliphatic carbocycles. The Kier molecular flexibility index (Phi) is 7.61. The Labute approximate surface area is 195 Å². The highest BCUT2D eigenvalue weighted by atomic mass is 32.2. The molecule has 2 heterocycles. The molecule has 1 aliphatic heterocycles. The van der Waals surface area contributed by atoms with E-state index in [0.29, 0.717) is 0 Å². The predicted octanol–water partition coefficient (Wildman–Crippen LogP) is 4.68. The number of nitrogens with zero attached hydrogens (tertiary/aromatic N) is 3. The van der Waals surface area contributed by atoms with Gasteiger partial charge in [-0.05, 0) is 43.3 Å². The minimum Gasteiger partial charge on any atom is -0.744 e. The van der Waals surface area contributed by atoms with Crippen LogP contribution in [0.15, 0.2) is 81.5 Å². The first-order chi connectivity index (χ1) is 15.0. The molecule has 0 unspecified atom stereocenters. The number of pyridine rings is 1. The van der Waals surface area contributed by atoms with Crippen molar-refractivity contribution in [2.45, 2.75) is 28.0 Å². The van der Waals surface area contributed by atoms with Gasteiger partial charge in [0.05, 0.1) is 43.2 Å². The van der Waals surface area contributed by atoms with E-state index in [1.54, 1.807) is 12.1 Å². The first-order valence-electron chi connectivity index (χ1n) is 10.4. The van der Waals surface area contributed by atoms with Crippen LogP contribution in [0.4, 0.5) is 11.5 Å². The zero-order chi connectivity index (χ0) is 23.4. The maximum Gasteiger partial charge on any atom is 0.147 e. The molecule has 3 aromatic rings. The van der Waals surface area contributed by atoms with E-state index < -0.39 is 10.1 Å². The molecule has 2 aromatic carbocycles. The smallest absolute Gasteiger partial charge is 0.147 e. The minimum absolute atomic E-state index is 0.178. The number of anilines is 2. The lowest BCUT2D eigenvalue weighted by Crippen LogP contribution is -2.37. The first kappa shape index (κ1) is 24.3. The van der Waals surface area contributed by atoms with Crippen molar-refractivity contribution in [3.63, 3.8) is 0 Å². The van der Waals surface area contributed by atoms with Crippen molar-refractivity contribution in [2.24, 2.45) is 0 Å². The van der Waals surface area contributed by atoms with Gasteiger partial charge in [0.15, 0.2) is 0 Å². The molecule has 0 atom stereocenters. The molecule has 0 spiro atoms. The normalized spacial score (nSPS) is 13.0. The monoisotopic (exact) mass is 471 g/mol. The van der Waals surface area contributed by atoms with Crippen molar-refractivity contribution in [2.75, 3.05) is 39.1 Å². The molecule has 0 amide bonds. The largest absolute Gasteiger partial charge is 0.744 e. The molecular weight excluding hydrogens is 442 g/mol. The second-order valence-electron chi connectivity index (χ2n) is 8.68. The first-order valence-corrected chi connectivity index (χ1v) is 12.6. The Balaban J connectivity index is 0.000000222. The average Bonchev–Trinajstić information content (AvgIpc) is 2.72. The van der Waals surface area contributed by atoms with Gasteiger partial charge in [0.1, 0.15) is 15.9 Å². The Morgan fingerprint density at radius 1 is 0.969 bits per heavy atom. The van der Waals surface area contributed by atoms with Crippen molar-refractivity contribution in [3.05, 3.63) is 72.4 Å². The zero-order valence-electron chi connectivity index (χ0n) is 18.9. The quantitative estimate of drug-likeness (QED) is 0.397. The molecule has 1 aliphatic rings. The molecule has 0 radical (unpaired) electrons. The lowest BCUT2D eigenvalue weighted by molar-refractivity contribution is -0.870. The lowest BCUT2D eigenvalue weighted by atomic mass is 10.2. The van der Waals surface area contributed by atoms with E-state index in [4.69, 9.17) is 0 Å². The van der Waals surface area contributed by atoms with Gasteiger partial charge in [0.25, 0.3) is 0 Å². The number of hydrogen-bond donors (Lipinski definition) is 0. The summed E-state index contributed by atoms with van der Waals surface area (Å²) < 4.78 is 32.2. The minimum atomic E-state index is -4.27. The number of benzene rings is 2. The van der Waals surface area contributed by atoms with Crippen LogP contribution in [0, 0.1) is 6.92 Å². The lowest BCUT2D eigenvalue weighted by Gasteiger charge is -2.32. The Bertz CT molecular complexity index is 1110. The fraction of sp³-hybridized carbons (Fsp3) is 0.292. The summed E-state index contributed by atoms with van der Waals surface area (Å²) in [4.78, 5) is 9.38. The van der Waals surface area contributed by atoms with Crippen LogP contribution < -0.4 is 4.90 Å². The molecule has 4 rings (SSSR count). The molecule has 8 heteroatoms. The second-order valence-corrected chi connectivity index (χ2v) is 11.1. The van der Waals surface area contributed by atoms with E-state index in [9.17, 15) is 13.0 Å². The molecule has 170 valence electrons. The summed E-state index contributed by atoms with van der Waals surface area (Å²) in [6.45, 7) is 3.99. The summed E-state index contributed by atoms with van der Waals surface area (Å²) in [6, 6.07) is 18.6. The van der Waals surface area contributed by atoms with E-state index in [2.05, 4.69) is 61.4 Å². The van der Waals surface area contributed by atoms with Gasteiger partial charge in [-0.2, -0.15) is 0 Å². The number of rotatable bonds is 5. The van der Waals surface area contributed by atoms with Crippen LogP contribution in [0.3, 0.4) is 0 Å². The molecule has 1 aromatic heterocycles.